The van der Waals surface area contributed by atoms with Crippen molar-refractivity contribution in [1.29, 1.82) is 0 Å². The van der Waals surface area contributed by atoms with Gasteiger partial charge in [-0.3, -0.25) is 4.79 Å². The number of carbonyl (C=O) groups excluding carboxylic acids is 2. The molecule has 23 heavy (non-hydrogen) atoms. The molecule has 2 amide bonds. The van der Waals surface area contributed by atoms with Crippen LogP contribution in [0.4, 0.5) is 4.79 Å². The molecule has 1 aromatic heterocycles. The number of carbonyl (C=O) groups is 2. The summed E-state index contributed by atoms with van der Waals surface area (Å²) in [5, 5.41) is 3.92. The van der Waals surface area contributed by atoms with Gasteiger partial charge in [0.1, 0.15) is 0 Å². The second kappa shape index (κ2) is 7.28. The molecule has 0 unspecified atom stereocenters. The van der Waals surface area contributed by atoms with Crippen LogP contribution >= 0.6 is 11.3 Å². The van der Waals surface area contributed by atoms with E-state index in [-0.39, 0.29) is 43.6 Å². The highest BCUT2D eigenvalue weighted by atomic mass is 32.2. The molecule has 0 saturated carbocycles. The summed E-state index contributed by atoms with van der Waals surface area (Å²) in [5.74, 6) is -0.316. The van der Waals surface area contributed by atoms with Crippen molar-refractivity contribution in [3.8, 4) is 0 Å². The summed E-state index contributed by atoms with van der Waals surface area (Å²) >= 11 is 1.08. The SMILES string of the molecule is CCOC(=O)N1CCN(S(=O)(=O)c2csc(C(=O)NC)c2)CC1. The Morgan fingerprint density at radius 2 is 1.96 bits per heavy atom. The minimum Gasteiger partial charge on any atom is -0.450 e. The van der Waals surface area contributed by atoms with Crippen molar-refractivity contribution < 1.29 is 22.7 Å². The van der Waals surface area contributed by atoms with Crippen LogP contribution in [0.5, 0.6) is 0 Å². The molecule has 128 valence electrons. The Bertz CT molecular complexity index is 678. The Hall–Kier alpha value is -1.65. The standard InChI is InChI=1S/C13H19N3O5S2/c1-3-21-13(18)15-4-6-16(7-5-15)23(19,20)10-8-11(22-9-10)12(17)14-2/h8-9H,3-7H2,1-2H3,(H,14,17). The van der Waals surface area contributed by atoms with Gasteiger partial charge in [0.05, 0.1) is 16.4 Å². The van der Waals surface area contributed by atoms with E-state index in [2.05, 4.69) is 5.32 Å². The Kier molecular flexibility index (Phi) is 5.60. The maximum absolute atomic E-state index is 12.6. The maximum Gasteiger partial charge on any atom is 0.409 e. The molecule has 0 atom stereocenters. The minimum atomic E-state index is -3.66. The number of ether oxygens (including phenoxy) is 1. The van der Waals surface area contributed by atoms with Crippen LogP contribution in [0.15, 0.2) is 16.3 Å². The number of amides is 2. The van der Waals surface area contributed by atoms with E-state index in [0.29, 0.717) is 4.88 Å². The largest absolute Gasteiger partial charge is 0.450 e. The zero-order valence-corrected chi connectivity index (χ0v) is 14.6. The fraction of sp³-hybridized carbons (Fsp3) is 0.538. The average Bonchev–Trinajstić information content (AvgIpc) is 3.05. The lowest BCUT2D eigenvalue weighted by Gasteiger charge is -2.33. The quantitative estimate of drug-likeness (QED) is 0.846. The molecule has 1 fully saturated rings. The van der Waals surface area contributed by atoms with E-state index in [9.17, 15) is 18.0 Å². The molecule has 1 aromatic rings. The van der Waals surface area contributed by atoms with Gasteiger partial charge in [-0.1, -0.05) is 0 Å². The van der Waals surface area contributed by atoms with Crippen molar-refractivity contribution >= 4 is 33.4 Å². The van der Waals surface area contributed by atoms with Crippen LogP contribution in [0.25, 0.3) is 0 Å². The molecule has 2 rings (SSSR count). The van der Waals surface area contributed by atoms with Gasteiger partial charge in [-0.05, 0) is 13.0 Å². The third-order valence-electron chi connectivity index (χ3n) is 3.43. The van der Waals surface area contributed by atoms with Crippen molar-refractivity contribution in [3.63, 3.8) is 0 Å². The van der Waals surface area contributed by atoms with Gasteiger partial charge in [-0.2, -0.15) is 4.31 Å². The summed E-state index contributed by atoms with van der Waals surface area (Å²) in [6.07, 6.45) is -0.429. The first kappa shape index (κ1) is 17.7. The third kappa shape index (κ3) is 3.82. The molecule has 8 nitrogen and oxygen atoms in total. The van der Waals surface area contributed by atoms with E-state index >= 15 is 0 Å². The molecule has 1 aliphatic rings. The summed E-state index contributed by atoms with van der Waals surface area (Å²) in [5.41, 5.74) is 0. The first-order valence-electron chi connectivity index (χ1n) is 7.12. The Balaban J connectivity index is 2.06. The molecule has 2 heterocycles. The van der Waals surface area contributed by atoms with Crippen LogP contribution in [0.2, 0.25) is 0 Å². The Morgan fingerprint density at radius 3 is 2.52 bits per heavy atom. The first-order valence-corrected chi connectivity index (χ1v) is 9.44. The molecule has 0 radical (unpaired) electrons. The fourth-order valence-corrected chi connectivity index (χ4v) is 4.80. The summed E-state index contributed by atoms with van der Waals surface area (Å²) in [6.45, 7) is 2.97. The predicted octanol–water partition coefficient (Wildman–Crippen LogP) is 0.570. The molecule has 10 heteroatoms. The van der Waals surface area contributed by atoms with Gasteiger partial charge in [0, 0.05) is 38.6 Å². The van der Waals surface area contributed by atoms with E-state index in [1.807, 2.05) is 0 Å². The van der Waals surface area contributed by atoms with Crippen LogP contribution in [0.1, 0.15) is 16.6 Å². The van der Waals surface area contributed by atoms with Crippen molar-refractivity contribution in [2.45, 2.75) is 11.8 Å². The molecule has 0 bridgehead atoms. The molecule has 1 N–H and O–H groups in total. The van der Waals surface area contributed by atoms with Crippen LogP contribution in [-0.4, -0.2) is 69.5 Å². The van der Waals surface area contributed by atoms with Crippen molar-refractivity contribution in [2.24, 2.45) is 0 Å². The number of piperazine rings is 1. The zero-order valence-electron chi connectivity index (χ0n) is 12.9. The number of nitrogens with one attached hydrogen (secondary N) is 1. The summed E-state index contributed by atoms with van der Waals surface area (Å²) in [4.78, 5) is 25.1. The first-order chi connectivity index (χ1) is 10.9. The Labute approximate surface area is 139 Å². The lowest BCUT2D eigenvalue weighted by Crippen LogP contribution is -2.50. The maximum atomic E-state index is 12.6. The Morgan fingerprint density at radius 1 is 1.30 bits per heavy atom. The molecular formula is C13H19N3O5S2. The second-order valence-corrected chi connectivity index (χ2v) is 7.67. The zero-order chi connectivity index (χ0) is 17.0. The highest BCUT2D eigenvalue weighted by Crippen LogP contribution is 2.23. The highest BCUT2D eigenvalue weighted by molar-refractivity contribution is 7.89. The van der Waals surface area contributed by atoms with Crippen LogP contribution < -0.4 is 5.32 Å². The molecule has 0 spiro atoms. The van der Waals surface area contributed by atoms with Gasteiger partial charge in [0.15, 0.2) is 0 Å². The van der Waals surface area contributed by atoms with Gasteiger partial charge in [0.2, 0.25) is 10.0 Å². The number of sulfonamides is 1. The van der Waals surface area contributed by atoms with Crippen LogP contribution in [-0.2, 0) is 14.8 Å². The molecule has 1 saturated heterocycles. The smallest absolute Gasteiger partial charge is 0.409 e. The van der Waals surface area contributed by atoms with Crippen molar-refractivity contribution in [3.05, 3.63) is 16.3 Å². The van der Waals surface area contributed by atoms with Gasteiger partial charge >= 0.3 is 6.09 Å². The van der Waals surface area contributed by atoms with E-state index < -0.39 is 16.1 Å². The van der Waals surface area contributed by atoms with E-state index in [0.717, 1.165) is 11.3 Å². The summed E-state index contributed by atoms with van der Waals surface area (Å²) in [7, 11) is -2.17. The van der Waals surface area contributed by atoms with Crippen LogP contribution in [0, 0.1) is 0 Å². The van der Waals surface area contributed by atoms with Gasteiger partial charge in [0.25, 0.3) is 5.91 Å². The summed E-state index contributed by atoms with van der Waals surface area (Å²) in [6, 6.07) is 1.37. The highest BCUT2D eigenvalue weighted by Gasteiger charge is 2.31. The van der Waals surface area contributed by atoms with Crippen LogP contribution in [0.3, 0.4) is 0 Å². The molecular weight excluding hydrogens is 342 g/mol. The number of nitrogens with zero attached hydrogens (tertiary/aromatic N) is 2. The average molecular weight is 361 g/mol. The number of thiophene rings is 1. The lowest BCUT2D eigenvalue weighted by atomic mass is 10.4. The van der Waals surface area contributed by atoms with E-state index in [1.54, 1.807) is 6.92 Å². The van der Waals surface area contributed by atoms with Gasteiger partial charge in [-0.25, -0.2) is 13.2 Å². The molecule has 1 aliphatic heterocycles. The predicted molar refractivity (Wildman–Crippen MR) is 85.1 cm³/mol. The van der Waals surface area contributed by atoms with Gasteiger partial charge < -0.3 is 15.0 Å². The van der Waals surface area contributed by atoms with Crippen molar-refractivity contribution in [2.75, 3.05) is 39.8 Å². The molecule has 0 aliphatic carbocycles. The lowest BCUT2D eigenvalue weighted by molar-refractivity contribution is 0.0932. The third-order valence-corrected chi connectivity index (χ3v) is 6.38. The fourth-order valence-electron chi connectivity index (χ4n) is 2.17. The van der Waals surface area contributed by atoms with Gasteiger partial charge in [-0.15, -0.1) is 11.3 Å². The summed E-state index contributed by atoms with van der Waals surface area (Å²) < 4.78 is 31.4. The minimum absolute atomic E-state index is 0.102. The normalized spacial score (nSPS) is 16.2. The molecule has 0 aromatic carbocycles. The second-order valence-electron chi connectivity index (χ2n) is 4.82. The number of hydrogen-bond acceptors (Lipinski definition) is 6. The van der Waals surface area contributed by atoms with E-state index in [4.69, 9.17) is 4.74 Å². The number of hydrogen-bond donors (Lipinski definition) is 1. The van der Waals surface area contributed by atoms with Crippen molar-refractivity contribution in [1.82, 2.24) is 14.5 Å². The monoisotopic (exact) mass is 361 g/mol. The van der Waals surface area contributed by atoms with E-state index in [1.165, 1.54) is 27.7 Å². The topological polar surface area (TPSA) is 96.0 Å². The number of rotatable bonds is 4.